The Morgan fingerprint density at radius 3 is 2.95 bits per heavy atom. The van der Waals surface area contributed by atoms with Crippen molar-refractivity contribution in [3.05, 3.63) is 23.1 Å². The summed E-state index contributed by atoms with van der Waals surface area (Å²) in [6, 6.07) is 0. The number of hydrogen-bond acceptors (Lipinski definition) is 7. The summed E-state index contributed by atoms with van der Waals surface area (Å²) in [5, 5.41) is 19.1. The molecule has 4 N–H and O–H groups in total. The topological polar surface area (TPSA) is 136 Å². The number of carboxylic acids is 1. The van der Waals surface area contributed by atoms with Crippen LogP contribution in [0.5, 0.6) is 0 Å². The second-order valence-corrected chi connectivity index (χ2v) is 4.66. The van der Waals surface area contributed by atoms with Gasteiger partial charge < -0.3 is 16.2 Å². The molecule has 2 aromatic heterocycles. The van der Waals surface area contributed by atoms with Crippen molar-refractivity contribution >= 4 is 28.4 Å². The van der Waals surface area contributed by atoms with Crippen LogP contribution < -0.4 is 11.1 Å². The molecule has 0 saturated heterocycles. The molecule has 0 aliphatic heterocycles. The van der Waals surface area contributed by atoms with E-state index in [4.69, 9.17) is 10.8 Å². The van der Waals surface area contributed by atoms with Gasteiger partial charge in [-0.3, -0.25) is 9.48 Å². The highest BCUT2D eigenvalue weighted by Crippen LogP contribution is 2.24. The van der Waals surface area contributed by atoms with Crippen LogP contribution in [0.15, 0.2) is 6.20 Å². The average molecular weight is 296 g/mol. The highest BCUT2D eigenvalue weighted by atomic mass is 32.1. The molecular formula is C10H12N6O3S. The third-order valence-electron chi connectivity index (χ3n) is 2.43. The Morgan fingerprint density at radius 2 is 2.30 bits per heavy atom. The van der Waals surface area contributed by atoms with Gasteiger partial charge in [-0.25, -0.2) is 4.79 Å². The molecule has 0 radical (unpaired) electrons. The van der Waals surface area contributed by atoms with Crippen LogP contribution in [-0.4, -0.2) is 42.9 Å². The molecule has 0 spiro atoms. The Morgan fingerprint density at radius 1 is 1.55 bits per heavy atom. The highest BCUT2D eigenvalue weighted by Gasteiger charge is 2.20. The van der Waals surface area contributed by atoms with Gasteiger partial charge in [-0.1, -0.05) is 5.21 Å². The summed E-state index contributed by atoms with van der Waals surface area (Å²) in [5.74, 6) is -1.68. The van der Waals surface area contributed by atoms with Crippen LogP contribution in [0.25, 0.3) is 0 Å². The SMILES string of the molecule is Cc1nsc(NC(=O)c2cn(CCN)nn2)c1C(=O)O. The first-order chi connectivity index (χ1) is 9.52. The van der Waals surface area contributed by atoms with Crippen LogP contribution in [0.1, 0.15) is 26.5 Å². The summed E-state index contributed by atoms with van der Waals surface area (Å²) < 4.78 is 5.34. The van der Waals surface area contributed by atoms with E-state index in [1.165, 1.54) is 10.9 Å². The van der Waals surface area contributed by atoms with E-state index in [9.17, 15) is 9.59 Å². The fourth-order valence-corrected chi connectivity index (χ4v) is 2.30. The first-order valence-electron chi connectivity index (χ1n) is 5.64. The van der Waals surface area contributed by atoms with Crippen molar-refractivity contribution in [1.29, 1.82) is 0 Å². The smallest absolute Gasteiger partial charge is 0.340 e. The number of carbonyl (C=O) groups excluding carboxylic acids is 1. The van der Waals surface area contributed by atoms with Crippen LogP contribution in [0.2, 0.25) is 0 Å². The Kier molecular flexibility index (Phi) is 4.05. The molecule has 1 amide bonds. The number of carbonyl (C=O) groups is 2. The van der Waals surface area contributed by atoms with E-state index in [0.717, 1.165) is 11.5 Å². The minimum atomic E-state index is -1.14. The minimum absolute atomic E-state index is 0.0160. The van der Waals surface area contributed by atoms with E-state index < -0.39 is 11.9 Å². The normalized spacial score (nSPS) is 10.5. The summed E-state index contributed by atoms with van der Waals surface area (Å²) >= 11 is 0.907. The number of aromatic carboxylic acids is 1. The molecule has 2 heterocycles. The predicted octanol–water partition coefficient (Wildman–Crippen LogP) is -0.0478. The maximum absolute atomic E-state index is 11.9. The number of rotatable bonds is 5. The molecule has 0 atom stereocenters. The van der Waals surface area contributed by atoms with E-state index in [2.05, 4.69) is 20.0 Å². The van der Waals surface area contributed by atoms with Gasteiger partial charge in [-0.05, 0) is 18.5 Å². The van der Waals surface area contributed by atoms with Gasteiger partial charge in [0.25, 0.3) is 5.91 Å². The lowest BCUT2D eigenvalue weighted by Gasteiger charge is -2.00. The second-order valence-electron chi connectivity index (χ2n) is 3.89. The Labute approximate surface area is 117 Å². The number of amides is 1. The lowest BCUT2D eigenvalue weighted by Crippen LogP contribution is -2.14. The molecule has 0 bridgehead atoms. The standard InChI is InChI=1S/C10H12N6O3S/c1-5-7(10(18)19)9(20-14-5)12-8(17)6-4-16(3-2-11)15-13-6/h4H,2-3,11H2,1H3,(H,12,17)(H,18,19). The van der Waals surface area contributed by atoms with E-state index >= 15 is 0 Å². The molecule has 20 heavy (non-hydrogen) atoms. The zero-order valence-electron chi connectivity index (χ0n) is 10.5. The maximum atomic E-state index is 11.9. The Balaban J connectivity index is 2.17. The fourth-order valence-electron chi connectivity index (χ4n) is 1.52. The molecule has 0 aliphatic rings. The molecule has 0 aromatic carbocycles. The lowest BCUT2D eigenvalue weighted by molar-refractivity contribution is 0.0697. The number of nitrogens with one attached hydrogen (secondary N) is 1. The first-order valence-corrected chi connectivity index (χ1v) is 6.41. The average Bonchev–Trinajstić information content (AvgIpc) is 2.97. The molecule has 0 unspecified atom stereocenters. The molecule has 0 fully saturated rings. The highest BCUT2D eigenvalue weighted by molar-refractivity contribution is 7.11. The van der Waals surface area contributed by atoms with Crippen LogP contribution in [0.3, 0.4) is 0 Å². The largest absolute Gasteiger partial charge is 0.478 e. The van der Waals surface area contributed by atoms with E-state index in [1.54, 1.807) is 6.92 Å². The molecule has 9 nitrogen and oxygen atoms in total. The summed E-state index contributed by atoms with van der Waals surface area (Å²) in [7, 11) is 0. The summed E-state index contributed by atoms with van der Waals surface area (Å²) in [5.41, 5.74) is 5.78. The van der Waals surface area contributed by atoms with Crippen molar-refractivity contribution < 1.29 is 14.7 Å². The summed E-state index contributed by atoms with van der Waals surface area (Å²) in [6.07, 6.45) is 1.44. The zero-order chi connectivity index (χ0) is 14.7. The molecule has 10 heteroatoms. The van der Waals surface area contributed by atoms with Crippen LogP contribution in [0, 0.1) is 6.92 Å². The maximum Gasteiger partial charge on any atom is 0.340 e. The van der Waals surface area contributed by atoms with Crippen molar-refractivity contribution in [2.75, 3.05) is 11.9 Å². The first kappa shape index (κ1) is 14.1. The number of aryl methyl sites for hydroxylation is 1. The Bertz CT molecular complexity index is 649. The van der Waals surface area contributed by atoms with Gasteiger partial charge in [0, 0.05) is 6.54 Å². The quantitative estimate of drug-likeness (QED) is 0.703. The van der Waals surface area contributed by atoms with E-state index in [1.807, 2.05) is 0 Å². The minimum Gasteiger partial charge on any atom is -0.478 e. The zero-order valence-corrected chi connectivity index (χ0v) is 11.3. The Hall–Kier alpha value is -2.33. The van der Waals surface area contributed by atoms with Crippen molar-refractivity contribution in [3.63, 3.8) is 0 Å². The summed E-state index contributed by atoms with van der Waals surface area (Å²) in [4.78, 5) is 23.0. The van der Waals surface area contributed by atoms with Crippen molar-refractivity contribution in [2.45, 2.75) is 13.5 Å². The number of carboxylic acid groups (broad SMARTS) is 1. The van der Waals surface area contributed by atoms with E-state index in [-0.39, 0.29) is 16.3 Å². The molecule has 2 aromatic rings. The molecule has 106 valence electrons. The van der Waals surface area contributed by atoms with Gasteiger partial charge in [0.1, 0.15) is 10.6 Å². The van der Waals surface area contributed by atoms with E-state index in [0.29, 0.717) is 18.8 Å². The third-order valence-corrected chi connectivity index (χ3v) is 3.29. The van der Waals surface area contributed by atoms with Gasteiger partial charge in [0.2, 0.25) is 0 Å². The van der Waals surface area contributed by atoms with Crippen LogP contribution >= 0.6 is 11.5 Å². The van der Waals surface area contributed by atoms with Crippen LogP contribution in [-0.2, 0) is 6.54 Å². The monoisotopic (exact) mass is 296 g/mol. The lowest BCUT2D eigenvalue weighted by atomic mass is 10.2. The third kappa shape index (κ3) is 2.81. The van der Waals surface area contributed by atoms with Gasteiger partial charge in [0.05, 0.1) is 18.4 Å². The number of nitrogens with zero attached hydrogens (tertiary/aromatic N) is 4. The van der Waals surface area contributed by atoms with Gasteiger partial charge in [0.15, 0.2) is 5.69 Å². The van der Waals surface area contributed by atoms with Crippen molar-refractivity contribution in [1.82, 2.24) is 19.4 Å². The predicted molar refractivity (Wildman–Crippen MR) is 70.8 cm³/mol. The molecule has 2 rings (SSSR count). The number of hydrogen-bond donors (Lipinski definition) is 3. The molecule has 0 aliphatic carbocycles. The molecule has 0 saturated carbocycles. The van der Waals surface area contributed by atoms with Gasteiger partial charge in [-0.15, -0.1) is 5.10 Å². The number of aromatic nitrogens is 4. The number of nitrogens with two attached hydrogens (primary N) is 1. The van der Waals surface area contributed by atoms with Crippen LogP contribution in [0.4, 0.5) is 5.00 Å². The number of anilines is 1. The van der Waals surface area contributed by atoms with Crippen molar-refractivity contribution in [2.24, 2.45) is 5.73 Å². The summed E-state index contributed by atoms with van der Waals surface area (Å²) in [6.45, 7) is 2.38. The van der Waals surface area contributed by atoms with Crippen molar-refractivity contribution in [3.8, 4) is 0 Å². The van der Waals surface area contributed by atoms with Gasteiger partial charge in [-0.2, -0.15) is 4.37 Å². The second kappa shape index (κ2) is 5.75. The van der Waals surface area contributed by atoms with Gasteiger partial charge >= 0.3 is 5.97 Å². The fraction of sp³-hybridized carbons (Fsp3) is 0.300. The molecular weight excluding hydrogens is 284 g/mol.